The molecule has 0 aromatic carbocycles. The van der Waals surface area contributed by atoms with Crippen molar-refractivity contribution in [2.24, 2.45) is 7.05 Å². The van der Waals surface area contributed by atoms with Crippen LogP contribution >= 0.6 is 0 Å². The van der Waals surface area contributed by atoms with E-state index in [4.69, 9.17) is 4.84 Å². The summed E-state index contributed by atoms with van der Waals surface area (Å²) in [6, 6.07) is 0. The van der Waals surface area contributed by atoms with Gasteiger partial charge in [-0.05, 0) is 20.8 Å². The van der Waals surface area contributed by atoms with E-state index in [0.29, 0.717) is 6.54 Å². The monoisotopic (exact) mass is 184 g/mol. The number of aromatic nitrogens is 3. The number of aryl methyl sites for hydroxylation is 1. The van der Waals surface area contributed by atoms with Crippen LogP contribution in [0.5, 0.6) is 0 Å². The summed E-state index contributed by atoms with van der Waals surface area (Å²) in [5.74, 6) is 0.851. The van der Waals surface area contributed by atoms with Crippen LogP contribution in [0, 0.1) is 0 Å². The number of hydrogen-bond acceptors (Lipinski definition) is 4. The first-order valence-electron chi connectivity index (χ1n) is 4.23. The number of hydroxylamine groups is 1. The summed E-state index contributed by atoms with van der Waals surface area (Å²) < 4.78 is 1.71. The van der Waals surface area contributed by atoms with Crippen LogP contribution in [0.1, 0.15) is 26.6 Å². The van der Waals surface area contributed by atoms with E-state index in [-0.39, 0.29) is 5.60 Å². The van der Waals surface area contributed by atoms with E-state index in [1.54, 1.807) is 4.68 Å². The quantitative estimate of drug-likeness (QED) is 0.700. The zero-order valence-corrected chi connectivity index (χ0v) is 8.53. The molecule has 1 aromatic heterocycles. The third-order valence-electron chi connectivity index (χ3n) is 1.41. The molecule has 13 heavy (non-hydrogen) atoms. The standard InChI is InChI=1S/C8H16N4O/c1-8(2,3)13-11-5-7-9-6-10-12(7)4/h6,11H,5H2,1-4H3. The summed E-state index contributed by atoms with van der Waals surface area (Å²) in [4.78, 5) is 9.37. The molecule has 0 atom stereocenters. The molecule has 0 radical (unpaired) electrons. The maximum atomic E-state index is 5.33. The zero-order valence-electron chi connectivity index (χ0n) is 8.53. The first-order valence-corrected chi connectivity index (χ1v) is 4.23. The lowest BCUT2D eigenvalue weighted by Gasteiger charge is -2.18. The van der Waals surface area contributed by atoms with Gasteiger partial charge in [0.05, 0.1) is 12.1 Å². The first kappa shape index (κ1) is 10.1. The second-order valence-electron chi connectivity index (χ2n) is 3.84. The Morgan fingerprint density at radius 3 is 2.69 bits per heavy atom. The Morgan fingerprint density at radius 1 is 1.54 bits per heavy atom. The fourth-order valence-electron chi connectivity index (χ4n) is 0.797. The van der Waals surface area contributed by atoms with Gasteiger partial charge in [-0.1, -0.05) is 0 Å². The number of hydrogen-bond donors (Lipinski definition) is 1. The van der Waals surface area contributed by atoms with E-state index in [9.17, 15) is 0 Å². The molecule has 5 heteroatoms. The second kappa shape index (κ2) is 3.85. The van der Waals surface area contributed by atoms with Crippen molar-refractivity contribution < 1.29 is 4.84 Å². The molecule has 1 aromatic rings. The van der Waals surface area contributed by atoms with Gasteiger partial charge in [0.25, 0.3) is 0 Å². The van der Waals surface area contributed by atoms with Crippen LogP contribution in [0.4, 0.5) is 0 Å². The molecule has 1 heterocycles. The van der Waals surface area contributed by atoms with Gasteiger partial charge in [-0.25, -0.2) is 4.98 Å². The van der Waals surface area contributed by atoms with E-state index >= 15 is 0 Å². The number of rotatable bonds is 3. The third-order valence-corrected chi connectivity index (χ3v) is 1.41. The van der Waals surface area contributed by atoms with Crippen LogP contribution < -0.4 is 5.48 Å². The van der Waals surface area contributed by atoms with Gasteiger partial charge in [0.2, 0.25) is 0 Å². The third kappa shape index (κ3) is 3.52. The van der Waals surface area contributed by atoms with E-state index in [2.05, 4.69) is 15.6 Å². The predicted octanol–water partition coefficient (Wildman–Crippen LogP) is 0.635. The molecule has 0 unspecified atom stereocenters. The molecule has 0 aliphatic heterocycles. The summed E-state index contributed by atoms with van der Waals surface area (Å²) in [5.41, 5.74) is 2.66. The Balaban J connectivity index is 2.32. The molecule has 0 saturated heterocycles. The van der Waals surface area contributed by atoms with Crippen molar-refractivity contribution in [2.45, 2.75) is 32.9 Å². The second-order valence-corrected chi connectivity index (χ2v) is 3.84. The smallest absolute Gasteiger partial charge is 0.142 e. The Kier molecular flexibility index (Phi) is 3.00. The van der Waals surface area contributed by atoms with Gasteiger partial charge in [-0.2, -0.15) is 10.6 Å². The van der Waals surface area contributed by atoms with Crippen molar-refractivity contribution >= 4 is 0 Å². The summed E-state index contributed by atoms with van der Waals surface area (Å²) >= 11 is 0. The van der Waals surface area contributed by atoms with Crippen LogP contribution in [0.15, 0.2) is 6.33 Å². The van der Waals surface area contributed by atoms with Crippen molar-refractivity contribution in [3.05, 3.63) is 12.2 Å². The van der Waals surface area contributed by atoms with Crippen molar-refractivity contribution in [3.63, 3.8) is 0 Å². The lowest BCUT2D eigenvalue weighted by atomic mass is 10.2. The van der Waals surface area contributed by atoms with E-state index in [1.165, 1.54) is 6.33 Å². The Bertz CT molecular complexity index is 263. The largest absolute Gasteiger partial charge is 0.296 e. The van der Waals surface area contributed by atoms with Crippen molar-refractivity contribution in [2.75, 3.05) is 0 Å². The Morgan fingerprint density at radius 2 is 2.23 bits per heavy atom. The fraction of sp³-hybridized carbons (Fsp3) is 0.750. The predicted molar refractivity (Wildman–Crippen MR) is 48.7 cm³/mol. The summed E-state index contributed by atoms with van der Waals surface area (Å²) in [7, 11) is 1.85. The minimum Gasteiger partial charge on any atom is -0.296 e. The molecule has 0 amide bonds. The minimum absolute atomic E-state index is 0.182. The van der Waals surface area contributed by atoms with Gasteiger partial charge in [0.1, 0.15) is 12.2 Å². The Labute approximate surface area is 78.1 Å². The van der Waals surface area contributed by atoms with Gasteiger partial charge < -0.3 is 0 Å². The molecular formula is C8H16N4O. The maximum Gasteiger partial charge on any atom is 0.142 e. The molecule has 0 aliphatic rings. The molecule has 5 nitrogen and oxygen atoms in total. The Hall–Kier alpha value is -0.940. The SMILES string of the molecule is Cn1ncnc1CNOC(C)(C)C. The summed E-state index contributed by atoms with van der Waals surface area (Å²) in [6.07, 6.45) is 1.52. The van der Waals surface area contributed by atoms with Gasteiger partial charge in [-0.3, -0.25) is 9.52 Å². The molecular weight excluding hydrogens is 168 g/mol. The fourth-order valence-corrected chi connectivity index (χ4v) is 0.797. The van der Waals surface area contributed by atoms with E-state index in [1.807, 2.05) is 27.8 Å². The topological polar surface area (TPSA) is 52.0 Å². The van der Waals surface area contributed by atoms with Gasteiger partial charge >= 0.3 is 0 Å². The molecule has 0 bridgehead atoms. The zero-order chi connectivity index (χ0) is 9.90. The van der Waals surface area contributed by atoms with Crippen molar-refractivity contribution in [1.82, 2.24) is 20.2 Å². The van der Waals surface area contributed by atoms with Crippen molar-refractivity contribution in [3.8, 4) is 0 Å². The summed E-state index contributed by atoms with van der Waals surface area (Å²) in [6.45, 7) is 6.51. The van der Waals surface area contributed by atoms with Crippen LogP contribution in [0.2, 0.25) is 0 Å². The van der Waals surface area contributed by atoms with Gasteiger partial charge in [0.15, 0.2) is 0 Å². The molecule has 74 valence electrons. The summed E-state index contributed by atoms with van der Waals surface area (Å²) in [5, 5.41) is 3.94. The van der Waals surface area contributed by atoms with Crippen molar-refractivity contribution in [1.29, 1.82) is 0 Å². The van der Waals surface area contributed by atoms with Gasteiger partial charge in [0, 0.05) is 7.05 Å². The molecule has 0 saturated carbocycles. The first-order chi connectivity index (χ1) is 5.99. The molecule has 1 rings (SSSR count). The highest BCUT2D eigenvalue weighted by molar-refractivity contribution is 4.80. The van der Waals surface area contributed by atoms with Crippen LogP contribution in [0.3, 0.4) is 0 Å². The van der Waals surface area contributed by atoms with Crippen LogP contribution in [-0.4, -0.2) is 20.4 Å². The van der Waals surface area contributed by atoms with E-state index in [0.717, 1.165) is 5.82 Å². The molecule has 1 N–H and O–H groups in total. The molecule has 0 aliphatic carbocycles. The highest BCUT2D eigenvalue weighted by atomic mass is 16.7. The van der Waals surface area contributed by atoms with Crippen LogP contribution in [0.25, 0.3) is 0 Å². The lowest BCUT2D eigenvalue weighted by Crippen LogP contribution is -2.29. The highest BCUT2D eigenvalue weighted by Crippen LogP contribution is 2.03. The molecule has 0 spiro atoms. The highest BCUT2D eigenvalue weighted by Gasteiger charge is 2.10. The maximum absolute atomic E-state index is 5.33. The van der Waals surface area contributed by atoms with E-state index < -0.39 is 0 Å². The molecule has 0 fully saturated rings. The minimum atomic E-state index is -0.182. The number of nitrogens with zero attached hydrogens (tertiary/aromatic N) is 3. The average Bonchev–Trinajstić information content (AvgIpc) is 2.34. The lowest BCUT2D eigenvalue weighted by molar-refractivity contribution is -0.0768. The van der Waals surface area contributed by atoms with Gasteiger partial charge in [-0.15, -0.1) is 0 Å². The van der Waals surface area contributed by atoms with Crippen LogP contribution in [-0.2, 0) is 18.4 Å². The normalized spacial score (nSPS) is 12.0. The average molecular weight is 184 g/mol. The number of nitrogens with one attached hydrogen (secondary N) is 1.